The van der Waals surface area contributed by atoms with Crippen LogP contribution in [0.15, 0.2) is 0 Å². The Bertz CT molecular complexity index is 464. The Hall–Kier alpha value is -0.970. The van der Waals surface area contributed by atoms with E-state index in [1.165, 1.54) is 0 Å². The first-order valence-electron chi connectivity index (χ1n) is 5.73. The highest BCUT2D eigenvalue weighted by Crippen LogP contribution is 2.35. The number of fused-ring (bicyclic) bond motifs is 1. The molecule has 1 saturated heterocycles. The normalized spacial score (nSPS) is 21.9. The summed E-state index contributed by atoms with van der Waals surface area (Å²) in [6.45, 7) is 0.0829. The van der Waals surface area contributed by atoms with Gasteiger partial charge in [0.05, 0.1) is 12.2 Å². The molecule has 6 heteroatoms. The summed E-state index contributed by atoms with van der Waals surface area (Å²) in [5.41, 5.74) is 1.93. The van der Waals surface area contributed by atoms with Crippen molar-refractivity contribution in [1.82, 2.24) is 9.97 Å². The van der Waals surface area contributed by atoms with E-state index in [1.54, 1.807) is 4.90 Å². The second-order valence-corrected chi connectivity index (χ2v) is 4.96. The van der Waals surface area contributed by atoms with Crippen molar-refractivity contribution in [2.45, 2.75) is 31.6 Å². The zero-order chi connectivity index (χ0) is 12.0. The summed E-state index contributed by atoms with van der Waals surface area (Å²) >= 11 is 5.84. The van der Waals surface area contributed by atoms with Gasteiger partial charge in [-0.15, -0.1) is 0 Å². The standard InChI is InChI=1S/C11H12ClF2N3/c12-10-15-8-3-1-2-7(8)9(16-10)17-5-4-11(13,14)6-17/h1-6H2. The van der Waals surface area contributed by atoms with Crippen LogP contribution in [0.1, 0.15) is 24.1 Å². The van der Waals surface area contributed by atoms with Crippen molar-refractivity contribution in [2.75, 3.05) is 18.0 Å². The molecule has 3 nitrogen and oxygen atoms in total. The minimum atomic E-state index is -2.61. The van der Waals surface area contributed by atoms with Gasteiger partial charge in [0, 0.05) is 18.5 Å². The Kier molecular flexibility index (Phi) is 2.47. The fourth-order valence-electron chi connectivity index (χ4n) is 2.56. The third kappa shape index (κ3) is 1.97. The summed E-state index contributed by atoms with van der Waals surface area (Å²) in [5, 5.41) is 0.163. The molecule has 0 atom stereocenters. The summed E-state index contributed by atoms with van der Waals surface area (Å²) < 4.78 is 26.4. The van der Waals surface area contributed by atoms with Crippen LogP contribution in [0.4, 0.5) is 14.6 Å². The Morgan fingerprint density at radius 3 is 2.76 bits per heavy atom. The van der Waals surface area contributed by atoms with Crippen LogP contribution in [0.25, 0.3) is 0 Å². The molecule has 1 aliphatic carbocycles. The molecule has 0 radical (unpaired) electrons. The molecular formula is C11H12ClF2N3. The summed E-state index contributed by atoms with van der Waals surface area (Å²) in [6, 6.07) is 0. The second-order valence-electron chi connectivity index (χ2n) is 4.62. The Balaban J connectivity index is 1.98. The van der Waals surface area contributed by atoms with Crippen molar-refractivity contribution in [3.05, 3.63) is 16.5 Å². The van der Waals surface area contributed by atoms with Gasteiger partial charge in [0.1, 0.15) is 5.82 Å². The zero-order valence-corrected chi connectivity index (χ0v) is 9.97. The van der Waals surface area contributed by atoms with Crippen molar-refractivity contribution in [3.63, 3.8) is 0 Å². The molecule has 0 amide bonds. The van der Waals surface area contributed by atoms with E-state index in [1.807, 2.05) is 0 Å². The molecule has 0 N–H and O–H groups in total. The topological polar surface area (TPSA) is 29.0 Å². The molecule has 1 aliphatic heterocycles. The molecule has 3 rings (SSSR count). The van der Waals surface area contributed by atoms with Crippen molar-refractivity contribution in [2.24, 2.45) is 0 Å². The van der Waals surface area contributed by atoms with Crippen molar-refractivity contribution >= 4 is 17.4 Å². The number of hydrogen-bond donors (Lipinski definition) is 0. The molecule has 0 aromatic carbocycles. The number of rotatable bonds is 1. The van der Waals surface area contributed by atoms with E-state index in [0.29, 0.717) is 12.4 Å². The maximum atomic E-state index is 13.2. The number of halogens is 3. The highest BCUT2D eigenvalue weighted by atomic mass is 35.5. The van der Waals surface area contributed by atoms with Crippen LogP contribution in [0.5, 0.6) is 0 Å². The molecule has 1 fully saturated rings. The molecule has 0 saturated carbocycles. The molecule has 92 valence electrons. The average molecular weight is 260 g/mol. The van der Waals surface area contributed by atoms with Gasteiger partial charge in [0.2, 0.25) is 5.28 Å². The quantitative estimate of drug-likeness (QED) is 0.726. The fourth-order valence-corrected chi connectivity index (χ4v) is 2.74. The number of anilines is 1. The minimum Gasteiger partial charge on any atom is -0.350 e. The van der Waals surface area contributed by atoms with Gasteiger partial charge in [0.15, 0.2) is 0 Å². The van der Waals surface area contributed by atoms with E-state index in [-0.39, 0.29) is 18.2 Å². The van der Waals surface area contributed by atoms with Gasteiger partial charge in [0.25, 0.3) is 5.92 Å². The maximum absolute atomic E-state index is 13.2. The van der Waals surface area contributed by atoms with E-state index >= 15 is 0 Å². The molecular weight excluding hydrogens is 248 g/mol. The first kappa shape index (κ1) is 11.1. The van der Waals surface area contributed by atoms with Crippen LogP contribution in [0.2, 0.25) is 5.28 Å². The molecule has 17 heavy (non-hydrogen) atoms. The first-order valence-corrected chi connectivity index (χ1v) is 6.11. The summed E-state index contributed by atoms with van der Waals surface area (Å²) in [6.07, 6.45) is 2.63. The highest BCUT2D eigenvalue weighted by molar-refractivity contribution is 6.28. The Morgan fingerprint density at radius 1 is 1.24 bits per heavy atom. The average Bonchev–Trinajstić information content (AvgIpc) is 2.82. The van der Waals surface area contributed by atoms with Crippen LogP contribution in [-0.4, -0.2) is 29.0 Å². The van der Waals surface area contributed by atoms with Gasteiger partial charge in [-0.3, -0.25) is 0 Å². The van der Waals surface area contributed by atoms with Crippen LogP contribution in [-0.2, 0) is 12.8 Å². The zero-order valence-electron chi connectivity index (χ0n) is 9.22. The number of alkyl halides is 2. The SMILES string of the molecule is FC1(F)CCN(c2nc(Cl)nc3c2CCC3)C1. The van der Waals surface area contributed by atoms with Crippen LogP contribution >= 0.6 is 11.6 Å². The minimum absolute atomic E-state index is 0.108. The predicted octanol–water partition coefficient (Wildman–Crippen LogP) is 2.46. The van der Waals surface area contributed by atoms with Gasteiger partial charge in [-0.1, -0.05) is 0 Å². The van der Waals surface area contributed by atoms with Gasteiger partial charge in [-0.05, 0) is 30.9 Å². The first-order chi connectivity index (χ1) is 8.05. The summed E-state index contributed by atoms with van der Waals surface area (Å²) in [4.78, 5) is 9.94. The largest absolute Gasteiger partial charge is 0.350 e. The van der Waals surface area contributed by atoms with E-state index in [0.717, 1.165) is 30.5 Å². The second kappa shape index (κ2) is 3.77. The van der Waals surface area contributed by atoms with E-state index in [2.05, 4.69) is 9.97 Å². The van der Waals surface area contributed by atoms with E-state index in [9.17, 15) is 8.78 Å². The van der Waals surface area contributed by atoms with Gasteiger partial charge >= 0.3 is 0 Å². The summed E-state index contributed by atoms with van der Waals surface area (Å²) in [7, 11) is 0. The number of aryl methyl sites for hydroxylation is 1. The third-order valence-corrected chi connectivity index (χ3v) is 3.52. The summed E-state index contributed by atoms with van der Waals surface area (Å²) in [5.74, 6) is -1.99. The maximum Gasteiger partial charge on any atom is 0.266 e. The molecule has 1 aromatic rings. The molecule has 0 bridgehead atoms. The molecule has 2 heterocycles. The number of hydrogen-bond acceptors (Lipinski definition) is 3. The highest BCUT2D eigenvalue weighted by Gasteiger charge is 2.40. The lowest BCUT2D eigenvalue weighted by Crippen LogP contribution is -2.26. The van der Waals surface area contributed by atoms with Crippen LogP contribution < -0.4 is 4.90 Å². The fraction of sp³-hybridized carbons (Fsp3) is 0.636. The van der Waals surface area contributed by atoms with Crippen molar-refractivity contribution < 1.29 is 8.78 Å². The lowest BCUT2D eigenvalue weighted by Gasteiger charge is -2.20. The Morgan fingerprint density at radius 2 is 2.06 bits per heavy atom. The molecule has 2 aliphatic rings. The van der Waals surface area contributed by atoms with E-state index < -0.39 is 5.92 Å². The molecule has 1 aromatic heterocycles. The lowest BCUT2D eigenvalue weighted by atomic mass is 10.2. The van der Waals surface area contributed by atoms with Gasteiger partial charge in [-0.2, -0.15) is 0 Å². The molecule has 0 spiro atoms. The van der Waals surface area contributed by atoms with E-state index in [4.69, 9.17) is 11.6 Å². The van der Waals surface area contributed by atoms with Crippen LogP contribution in [0, 0.1) is 0 Å². The predicted molar refractivity (Wildman–Crippen MR) is 60.8 cm³/mol. The van der Waals surface area contributed by atoms with Crippen molar-refractivity contribution in [1.29, 1.82) is 0 Å². The number of aromatic nitrogens is 2. The third-order valence-electron chi connectivity index (χ3n) is 3.35. The monoisotopic (exact) mass is 259 g/mol. The van der Waals surface area contributed by atoms with Crippen molar-refractivity contribution in [3.8, 4) is 0 Å². The molecule has 0 unspecified atom stereocenters. The smallest absolute Gasteiger partial charge is 0.266 e. The lowest BCUT2D eigenvalue weighted by molar-refractivity contribution is 0.0256. The van der Waals surface area contributed by atoms with Gasteiger partial charge in [-0.25, -0.2) is 18.7 Å². The van der Waals surface area contributed by atoms with Crippen LogP contribution in [0.3, 0.4) is 0 Å². The number of nitrogens with zero attached hydrogens (tertiary/aromatic N) is 3. The van der Waals surface area contributed by atoms with Gasteiger partial charge < -0.3 is 4.90 Å². The Labute approximate surface area is 103 Å².